The SMILES string of the molecule is CCCC[C@H](Oc1ccc(CC(=O)O)cc1Cl)c1cccc(-c2ccc(C(F)(F)F)cc2)n1. The molecule has 0 amide bonds. The first-order valence-electron chi connectivity index (χ1n) is 10.5. The summed E-state index contributed by atoms with van der Waals surface area (Å²) in [5.41, 5.74) is 1.58. The van der Waals surface area contributed by atoms with Crippen molar-refractivity contribution < 1.29 is 27.8 Å². The zero-order valence-corrected chi connectivity index (χ0v) is 18.7. The van der Waals surface area contributed by atoms with Gasteiger partial charge >= 0.3 is 12.1 Å². The fourth-order valence-electron chi connectivity index (χ4n) is 3.36. The molecule has 33 heavy (non-hydrogen) atoms. The summed E-state index contributed by atoms with van der Waals surface area (Å²) in [6.45, 7) is 2.05. The van der Waals surface area contributed by atoms with Gasteiger partial charge in [0.2, 0.25) is 0 Å². The molecule has 8 heteroatoms. The molecule has 0 unspecified atom stereocenters. The van der Waals surface area contributed by atoms with Crippen LogP contribution >= 0.6 is 11.6 Å². The van der Waals surface area contributed by atoms with Gasteiger partial charge in [-0.1, -0.05) is 49.2 Å². The van der Waals surface area contributed by atoms with Gasteiger partial charge in [0.25, 0.3) is 0 Å². The number of rotatable bonds is 9. The summed E-state index contributed by atoms with van der Waals surface area (Å²) in [7, 11) is 0. The zero-order valence-electron chi connectivity index (χ0n) is 17.9. The van der Waals surface area contributed by atoms with Gasteiger partial charge in [0.1, 0.15) is 11.9 Å². The maximum atomic E-state index is 12.9. The van der Waals surface area contributed by atoms with Gasteiger partial charge in [-0.05, 0) is 54.8 Å². The molecule has 3 aromatic rings. The molecule has 0 fully saturated rings. The molecule has 1 heterocycles. The Labute approximate surface area is 195 Å². The van der Waals surface area contributed by atoms with Gasteiger partial charge in [-0.25, -0.2) is 4.98 Å². The number of hydrogen-bond donors (Lipinski definition) is 1. The van der Waals surface area contributed by atoms with E-state index in [4.69, 9.17) is 21.4 Å². The monoisotopic (exact) mass is 477 g/mol. The summed E-state index contributed by atoms with van der Waals surface area (Å²) >= 11 is 6.33. The Hall–Kier alpha value is -3.06. The predicted molar refractivity (Wildman–Crippen MR) is 120 cm³/mol. The van der Waals surface area contributed by atoms with Crippen LogP contribution in [-0.4, -0.2) is 16.1 Å². The average Bonchev–Trinajstić information content (AvgIpc) is 2.77. The van der Waals surface area contributed by atoms with Gasteiger partial charge in [-0.2, -0.15) is 13.2 Å². The lowest BCUT2D eigenvalue weighted by Gasteiger charge is -2.20. The Morgan fingerprint density at radius 1 is 1.12 bits per heavy atom. The molecule has 0 saturated heterocycles. The number of carboxylic acid groups (broad SMARTS) is 1. The summed E-state index contributed by atoms with van der Waals surface area (Å²) < 4.78 is 44.8. The van der Waals surface area contributed by atoms with E-state index in [2.05, 4.69) is 11.9 Å². The molecule has 1 N–H and O–H groups in total. The van der Waals surface area contributed by atoms with E-state index in [-0.39, 0.29) is 6.42 Å². The van der Waals surface area contributed by atoms with Gasteiger partial charge in [0.05, 0.1) is 28.4 Å². The summed E-state index contributed by atoms with van der Waals surface area (Å²) in [6, 6.07) is 15.0. The summed E-state index contributed by atoms with van der Waals surface area (Å²) in [6.07, 6.45) is -2.51. The average molecular weight is 478 g/mol. The molecule has 0 aliphatic heterocycles. The molecule has 0 spiro atoms. The fraction of sp³-hybridized carbons (Fsp3) is 0.280. The highest BCUT2D eigenvalue weighted by Crippen LogP contribution is 2.34. The van der Waals surface area contributed by atoms with E-state index in [1.165, 1.54) is 12.1 Å². The number of halogens is 4. The smallest absolute Gasteiger partial charge is 0.416 e. The minimum absolute atomic E-state index is 0.143. The predicted octanol–water partition coefficient (Wildman–Crippen LogP) is 7.36. The van der Waals surface area contributed by atoms with Crippen LogP contribution < -0.4 is 4.74 Å². The molecular formula is C25H23ClF3NO3. The van der Waals surface area contributed by atoms with Crippen molar-refractivity contribution in [3.8, 4) is 17.0 Å². The minimum atomic E-state index is -4.40. The number of nitrogens with zero attached hydrogens (tertiary/aromatic N) is 1. The van der Waals surface area contributed by atoms with E-state index in [0.717, 1.165) is 25.0 Å². The number of unbranched alkanes of at least 4 members (excludes halogenated alkanes) is 1. The number of aromatic nitrogens is 1. The largest absolute Gasteiger partial charge is 0.483 e. The molecule has 174 valence electrons. The van der Waals surface area contributed by atoms with Gasteiger partial charge in [-0.3, -0.25) is 4.79 Å². The van der Waals surface area contributed by atoms with Crippen LogP contribution in [0.5, 0.6) is 5.75 Å². The third-order valence-corrected chi connectivity index (χ3v) is 5.34. The first-order chi connectivity index (χ1) is 15.7. The van der Waals surface area contributed by atoms with Crippen molar-refractivity contribution in [1.29, 1.82) is 0 Å². The van der Waals surface area contributed by atoms with Crippen molar-refractivity contribution in [3.63, 3.8) is 0 Å². The van der Waals surface area contributed by atoms with E-state index in [1.807, 2.05) is 0 Å². The minimum Gasteiger partial charge on any atom is -0.483 e. The third kappa shape index (κ3) is 6.71. The second kappa shape index (κ2) is 10.7. The highest BCUT2D eigenvalue weighted by Gasteiger charge is 2.30. The Balaban J connectivity index is 1.87. The fourth-order valence-corrected chi connectivity index (χ4v) is 3.60. The molecule has 0 aliphatic carbocycles. The number of ether oxygens (including phenoxy) is 1. The number of carbonyl (C=O) groups is 1. The summed E-state index contributed by atoms with van der Waals surface area (Å²) in [5.74, 6) is -0.543. The Morgan fingerprint density at radius 3 is 2.45 bits per heavy atom. The topological polar surface area (TPSA) is 59.4 Å². The molecule has 0 saturated carbocycles. The number of pyridine rings is 1. The van der Waals surface area contributed by atoms with E-state index < -0.39 is 23.8 Å². The quantitative estimate of drug-likeness (QED) is 0.350. The first-order valence-corrected chi connectivity index (χ1v) is 10.9. The van der Waals surface area contributed by atoms with E-state index in [0.29, 0.717) is 39.7 Å². The number of aliphatic carboxylic acids is 1. The van der Waals surface area contributed by atoms with Crippen molar-refractivity contribution >= 4 is 17.6 Å². The van der Waals surface area contributed by atoms with Crippen LogP contribution in [0.1, 0.15) is 49.1 Å². The van der Waals surface area contributed by atoms with Gasteiger partial charge in [0.15, 0.2) is 0 Å². The number of alkyl halides is 3. The van der Waals surface area contributed by atoms with Crippen molar-refractivity contribution in [3.05, 3.63) is 82.5 Å². The van der Waals surface area contributed by atoms with E-state index in [9.17, 15) is 18.0 Å². The lowest BCUT2D eigenvalue weighted by atomic mass is 10.1. The van der Waals surface area contributed by atoms with Crippen LogP contribution in [-0.2, 0) is 17.4 Å². The molecule has 3 rings (SSSR count). The standard InChI is InChI=1S/C25H23ClF3NO3/c1-2-3-7-23(33-22-13-8-16(14-19(22)26)15-24(31)32)21-6-4-5-20(30-21)17-9-11-18(12-10-17)25(27,28)29/h4-6,8-14,23H,2-3,7,15H2,1H3,(H,31,32)/t23-/m0/s1. The van der Waals surface area contributed by atoms with Crippen LogP contribution in [0.3, 0.4) is 0 Å². The van der Waals surface area contributed by atoms with Crippen molar-refractivity contribution in [2.24, 2.45) is 0 Å². The van der Waals surface area contributed by atoms with Crippen LogP contribution in [0.4, 0.5) is 13.2 Å². The van der Waals surface area contributed by atoms with Crippen molar-refractivity contribution in [1.82, 2.24) is 4.98 Å². The maximum absolute atomic E-state index is 12.9. The summed E-state index contributed by atoms with van der Waals surface area (Å²) in [5, 5.41) is 9.26. The lowest BCUT2D eigenvalue weighted by Crippen LogP contribution is -2.11. The Morgan fingerprint density at radius 2 is 1.85 bits per heavy atom. The van der Waals surface area contributed by atoms with E-state index >= 15 is 0 Å². The summed E-state index contributed by atoms with van der Waals surface area (Å²) in [4.78, 5) is 15.6. The third-order valence-electron chi connectivity index (χ3n) is 5.05. The molecule has 0 radical (unpaired) electrons. The molecule has 4 nitrogen and oxygen atoms in total. The van der Waals surface area contributed by atoms with Crippen molar-refractivity contribution in [2.75, 3.05) is 0 Å². The maximum Gasteiger partial charge on any atom is 0.416 e. The normalized spacial score (nSPS) is 12.4. The number of benzene rings is 2. The molecule has 2 aromatic carbocycles. The van der Waals surface area contributed by atoms with Crippen molar-refractivity contribution in [2.45, 2.75) is 44.9 Å². The zero-order chi connectivity index (χ0) is 24.0. The molecule has 0 bridgehead atoms. The Bertz CT molecular complexity index is 1100. The van der Waals surface area contributed by atoms with Crippen LogP contribution in [0, 0.1) is 0 Å². The first kappa shape index (κ1) is 24.6. The van der Waals surface area contributed by atoms with Gasteiger partial charge < -0.3 is 9.84 Å². The Kier molecular flexibility index (Phi) is 7.97. The van der Waals surface area contributed by atoms with Gasteiger partial charge in [-0.15, -0.1) is 0 Å². The molecule has 0 aliphatic rings. The number of hydrogen-bond acceptors (Lipinski definition) is 3. The second-order valence-corrected chi connectivity index (χ2v) is 8.01. The van der Waals surface area contributed by atoms with Crippen LogP contribution in [0.15, 0.2) is 60.7 Å². The second-order valence-electron chi connectivity index (χ2n) is 7.61. The molecule has 1 aromatic heterocycles. The highest BCUT2D eigenvalue weighted by molar-refractivity contribution is 6.32. The molecule has 1 atom stereocenters. The lowest BCUT2D eigenvalue weighted by molar-refractivity contribution is -0.138. The highest BCUT2D eigenvalue weighted by atomic mass is 35.5. The van der Waals surface area contributed by atoms with Crippen LogP contribution in [0.25, 0.3) is 11.3 Å². The number of carboxylic acids is 1. The van der Waals surface area contributed by atoms with E-state index in [1.54, 1.807) is 36.4 Å². The molecular weight excluding hydrogens is 455 g/mol. The van der Waals surface area contributed by atoms with Gasteiger partial charge in [0, 0.05) is 5.56 Å². The van der Waals surface area contributed by atoms with Crippen LogP contribution in [0.2, 0.25) is 5.02 Å².